The molecule has 1 aromatic rings. The Balaban J connectivity index is 1.58. The van der Waals surface area contributed by atoms with Gasteiger partial charge in [0.1, 0.15) is 0 Å². The molecular weight excluding hydrogens is 244 g/mol. The van der Waals surface area contributed by atoms with Gasteiger partial charge in [0.25, 0.3) is 0 Å². The van der Waals surface area contributed by atoms with Crippen LogP contribution >= 0.6 is 0 Å². The number of fused-ring (bicyclic) bond motifs is 1. The van der Waals surface area contributed by atoms with E-state index in [0.29, 0.717) is 12.1 Å². The lowest BCUT2D eigenvalue weighted by molar-refractivity contribution is -0.0527. The van der Waals surface area contributed by atoms with E-state index in [1.54, 1.807) is 13.3 Å². The largest absolute Gasteiger partial charge is 0.383 e. The molecule has 0 aliphatic carbocycles. The molecular formula is C13H22N4O2. The van der Waals surface area contributed by atoms with E-state index in [0.717, 1.165) is 45.9 Å². The van der Waals surface area contributed by atoms with Gasteiger partial charge in [0.2, 0.25) is 0 Å². The van der Waals surface area contributed by atoms with Gasteiger partial charge in [-0.3, -0.25) is 14.9 Å². The molecule has 2 aliphatic rings. The monoisotopic (exact) mass is 266 g/mol. The van der Waals surface area contributed by atoms with Crippen molar-refractivity contribution in [3.63, 3.8) is 0 Å². The van der Waals surface area contributed by atoms with Gasteiger partial charge in [-0.15, -0.1) is 0 Å². The van der Waals surface area contributed by atoms with Gasteiger partial charge in [-0.1, -0.05) is 0 Å². The molecule has 3 rings (SSSR count). The summed E-state index contributed by atoms with van der Waals surface area (Å²) in [5.41, 5.74) is 1.17. The van der Waals surface area contributed by atoms with Gasteiger partial charge in [-0.25, -0.2) is 0 Å². The SMILES string of the molecule is COCCN1CCO[C@H]2CN(Cc3ccn[nH]3)C[C@H]21. The number of aromatic nitrogens is 2. The van der Waals surface area contributed by atoms with E-state index in [2.05, 4.69) is 20.0 Å². The summed E-state index contributed by atoms with van der Waals surface area (Å²) < 4.78 is 11.1. The minimum Gasteiger partial charge on any atom is -0.383 e. The number of methoxy groups -OCH3 is 1. The fourth-order valence-electron chi connectivity index (χ4n) is 3.06. The number of aromatic amines is 1. The first-order chi connectivity index (χ1) is 9.36. The maximum absolute atomic E-state index is 5.91. The highest BCUT2D eigenvalue weighted by molar-refractivity contribution is 5.01. The van der Waals surface area contributed by atoms with E-state index in [-0.39, 0.29) is 0 Å². The number of hydrogen-bond acceptors (Lipinski definition) is 5. The van der Waals surface area contributed by atoms with Crippen LogP contribution in [0.4, 0.5) is 0 Å². The minimum atomic E-state index is 0.341. The van der Waals surface area contributed by atoms with Crippen molar-refractivity contribution in [3.05, 3.63) is 18.0 Å². The first kappa shape index (κ1) is 13.1. The Bertz CT molecular complexity index is 384. The van der Waals surface area contributed by atoms with Crippen LogP contribution in [-0.2, 0) is 16.0 Å². The predicted molar refractivity (Wildman–Crippen MR) is 70.8 cm³/mol. The molecule has 6 nitrogen and oxygen atoms in total. The van der Waals surface area contributed by atoms with Crippen LogP contribution in [0.15, 0.2) is 12.3 Å². The lowest BCUT2D eigenvalue weighted by atomic mass is 10.1. The Kier molecular flexibility index (Phi) is 4.12. The molecule has 0 saturated carbocycles. The molecule has 0 bridgehead atoms. The van der Waals surface area contributed by atoms with E-state index < -0.39 is 0 Å². The van der Waals surface area contributed by atoms with E-state index in [4.69, 9.17) is 9.47 Å². The van der Waals surface area contributed by atoms with E-state index >= 15 is 0 Å². The number of nitrogens with zero attached hydrogens (tertiary/aromatic N) is 3. The van der Waals surface area contributed by atoms with E-state index in [1.165, 1.54) is 5.69 Å². The van der Waals surface area contributed by atoms with Crippen LogP contribution in [-0.4, -0.2) is 78.6 Å². The average Bonchev–Trinajstić information content (AvgIpc) is 3.05. The fraction of sp³-hybridized carbons (Fsp3) is 0.769. The molecule has 1 aromatic heterocycles. The molecule has 0 aromatic carbocycles. The van der Waals surface area contributed by atoms with Crippen LogP contribution in [0.1, 0.15) is 5.69 Å². The van der Waals surface area contributed by atoms with Crippen LogP contribution in [0, 0.1) is 0 Å². The summed E-state index contributed by atoms with van der Waals surface area (Å²) in [4.78, 5) is 4.94. The maximum atomic E-state index is 5.91. The van der Waals surface area contributed by atoms with Crippen LogP contribution in [0.25, 0.3) is 0 Å². The predicted octanol–water partition coefficient (Wildman–Crippen LogP) is -0.0589. The lowest BCUT2D eigenvalue weighted by Crippen LogP contribution is -2.51. The number of nitrogens with one attached hydrogen (secondary N) is 1. The van der Waals surface area contributed by atoms with Crippen molar-refractivity contribution >= 4 is 0 Å². The summed E-state index contributed by atoms with van der Waals surface area (Å²) in [6.07, 6.45) is 2.15. The molecule has 0 spiro atoms. The van der Waals surface area contributed by atoms with Gasteiger partial charge < -0.3 is 9.47 Å². The van der Waals surface area contributed by atoms with Crippen LogP contribution in [0.2, 0.25) is 0 Å². The van der Waals surface area contributed by atoms with E-state index in [9.17, 15) is 0 Å². The smallest absolute Gasteiger partial charge is 0.0870 e. The minimum absolute atomic E-state index is 0.341. The summed E-state index contributed by atoms with van der Waals surface area (Å²) in [7, 11) is 1.76. The quantitative estimate of drug-likeness (QED) is 0.809. The Morgan fingerprint density at radius 3 is 3.26 bits per heavy atom. The molecule has 106 valence electrons. The van der Waals surface area contributed by atoms with Crippen molar-refractivity contribution in [2.45, 2.75) is 18.7 Å². The normalized spacial score (nSPS) is 28.7. The van der Waals surface area contributed by atoms with Gasteiger partial charge in [-0.2, -0.15) is 5.10 Å². The Morgan fingerprint density at radius 1 is 1.53 bits per heavy atom. The second-order valence-electron chi connectivity index (χ2n) is 5.28. The Hall–Kier alpha value is -0.950. The van der Waals surface area contributed by atoms with Gasteiger partial charge in [-0.05, 0) is 6.07 Å². The topological polar surface area (TPSA) is 53.6 Å². The van der Waals surface area contributed by atoms with Crippen molar-refractivity contribution in [3.8, 4) is 0 Å². The zero-order chi connectivity index (χ0) is 13.1. The standard InChI is InChI=1S/C13H22N4O2/c1-18-6-4-17-5-7-19-13-10-16(9-12(13)17)8-11-2-3-14-15-11/h2-3,12-13H,4-10H2,1H3,(H,14,15)/t12-,13+/m1/s1. The highest BCUT2D eigenvalue weighted by atomic mass is 16.5. The summed E-state index contributed by atoms with van der Waals surface area (Å²) in [6.45, 7) is 6.64. The van der Waals surface area contributed by atoms with Crippen molar-refractivity contribution < 1.29 is 9.47 Å². The summed E-state index contributed by atoms with van der Waals surface area (Å²) >= 11 is 0. The molecule has 3 heterocycles. The number of morpholine rings is 1. The van der Waals surface area contributed by atoms with Crippen molar-refractivity contribution in [2.75, 3.05) is 46.5 Å². The lowest BCUT2D eigenvalue weighted by Gasteiger charge is -2.36. The molecule has 0 radical (unpaired) electrons. The van der Waals surface area contributed by atoms with Crippen molar-refractivity contribution in [1.82, 2.24) is 20.0 Å². The molecule has 2 fully saturated rings. The summed E-state index contributed by atoms with van der Waals surface area (Å²) in [6, 6.07) is 2.54. The average molecular weight is 266 g/mol. The summed E-state index contributed by atoms with van der Waals surface area (Å²) in [5, 5.41) is 7.03. The first-order valence-electron chi connectivity index (χ1n) is 6.92. The van der Waals surface area contributed by atoms with Gasteiger partial charge in [0.15, 0.2) is 0 Å². The Morgan fingerprint density at radius 2 is 2.47 bits per heavy atom. The number of rotatable bonds is 5. The number of hydrogen-bond donors (Lipinski definition) is 1. The Labute approximate surface area is 113 Å². The van der Waals surface area contributed by atoms with Gasteiger partial charge in [0.05, 0.1) is 19.3 Å². The van der Waals surface area contributed by atoms with Crippen molar-refractivity contribution in [2.24, 2.45) is 0 Å². The van der Waals surface area contributed by atoms with Crippen LogP contribution in [0.3, 0.4) is 0 Å². The third kappa shape index (κ3) is 2.97. The molecule has 0 unspecified atom stereocenters. The molecule has 2 aliphatic heterocycles. The molecule has 19 heavy (non-hydrogen) atoms. The van der Waals surface area contributed by atoms with Gasteiger partial charge >= 0.3 is 0 Å². The highest BCUT2D eigenvalue weighted by Gasteiger charge is 2.39. The molecule has 6 heteroatoms. The molecule has 0 amide bonds. The molecule has 2 saturated heterocycles. The third-order valence-electron chi connectivity index (χ3n) is 4.03. The van der Waals surface area contributed by atoms with Gasteiger partial charge in [0, 0.05) is 57.8 Å². The van der Waals surface area contributed by atoms with Crippen LogP contribution < -0.4 is 0 Å². The molecule has 2 atom stereocenters. The zero-order valence-corrected chi connectivity index (χ0v) is 11.4. The highest BCUT2D eigenvalue weighted by Crippen LogP contribution is 2.23. The van der Waals surface area contributed by atoms with E-state index in [1.807, 2.05) is 6.07 Å². The first-order valence-corrected chi connectivity index (χ1v) is 6.92. The van der Waals surface area contributed by atoms with Crippen molar-refractivity contribution in [1.29, 1.82) is 0 Å². The second kappa shape index (κ2) is 6.00. The van der Waals surface area contributed by atoms with Crippen LogP contribution in [0.5, 0.6) is 0 Å². The number of likely N-dealkylation sites (tertiary alicyclic amines) is 1. The third-order valence-corrected chi connectivity index (χ3v) is 4.03. The number of ether oxygens (including phenoxy) is 2. The summed E-state index contributed by atoms with van der Waals surface area (Å²) in [5.74, 6) is 0. The molecule has 1 N–H and O–H groups in total. The second-order valence-corrected chi connectivity index (χ2v) is 5.28. The fourth-order valence-corrected chi connectivity index (χ4v) is 3.06. The number of H-pyrrole nitrogens is 1. The zero-order valence-electron chi connectivity index (χ0n) is 11.4. The maximum Gasteiger partial charge on any atom is 0.0870 e.